The zero-order valence-electron chi connectivity index (χ0n) is 16.9. The van der Waals surface area contributed by atoms with Gasteiger partial charge in [0.2, 0.25) is 0 Å². The Morgan fingerprint density at radius 3 is 2.89 bits per heavy atom. The zero-order chi connectivity index (χ0) is 18.9. The number of piperidine rings is 3. The standard InChI is InChI=1S/C24H33N3O/c28-24(25-12-11-18-7-2-1-3-8-18)27-14-6-9-19-15-20-16-21(23(19)27)17-26-13-5-4-10-22(20)26/h1-3,7-8,15,20-23H,4-6,9-14,16-17H2,(H,25,28)/t20-,21-,22?,23?/m0/s1. The molecule has 3 saturated heterocycles. The van der Waals surface area contributed by atoms with Crippen molar-refractivity contribution in [2.75, 3.05) is 26.2 Å². The fourth-order valence-corrected chi connectivity index (χ4v) is 6.26. The van der Waals surface area contributed by atoms with Gasteiger partial charge in [0.15, 0.2) is 0 Å². The molecular formula is C24H33N3O. The highest BCUT2D eigenvalue weighted by Crippen LogP contribution is 2.44. The number of hydrogen-bond donors (Lipinski definition) is 1. The number of urea groups is 1. The predicted molar refractivity (Wildman–Crippen MR) is 112 cm³/mol. The summed E-state index contributed by atoms with van der Waals surface area (Å²) in [5.41, 5.74) is 2.85. The third-order valence-corrected chi connectivity index (χ3v) is 7.45. The number of amides is 2. The first kappa shape index (κ1) is 18.2. The van der Waals surface area contributed by atoms with Crippen LogP contribution in [0.5, 0.6) is 0 Å². The number of rotatable bonds is 3. The Balaban J connectivity index is 1.27. The van der Waals surface area contributed by atoms with E-state index >= 15 is 0 Å². The minimum absolute atomic E-state index is 0.144. The number of nitrogens with one attached hydrogen (secondary N) is 1. The molecule has 2 amide bonds. The Bertz CT molecular complexity index is 731. The van der Waals surface area contributed by atoms with Crippen molar-refractivity contribution in [3.8, 4) is 0 Å². The fourth-order valence-electron chi connectivity index (χ4n) is 6.26. The SMILES string of the molecule is O=C(NCCc1ccccc1)N1CCCC2=C[C@H]3C[C@@H](CN4CCCCC34)C21. The van der Waals surface area contributed by atoms with Crippen LogP contribution >= 0.6 is 0 Å². The van der Waals surface area contributed by atoms with Crippen LogP contribution in [-0.4, -0.2) is 54.1 Å². The maximum Gasteiger partial charge on any atom is 0.317 e. The second-order valence-corrected chi connectivity index (χ2v) is 9.17. The number of nitrogens with zero attached hydrogens (tertiary/aromatic N) is 2. The second-order valence-electron chi connectivity index (χ2n) is 9.17. The van der Waals surface area contributed by atoms with Gasteiger partial charge in [-0.05, 0) is 62.5 Å². The molecule has 1 aromatic rings. The van der Waals surface area contributed by atoms with E-state index in [9.17, 15) is 4.79 Å². The first-order valence-corrected chi connectivity index (χ1v) is 11.3. The molecule has 0 saturated carbocycles. The zero-order valence-corrected chi connectivity index (χ0v) is 16.9. The molecule has 28 heavy (non-hydrogen) atoms. The van der Waals surface area contributed by atoms with Crippen molar-refractivity contribution in [2.45, 2.75) is 57.0 Å². The number of fused-ring (bicyclic) bond motifs is 6. The van der Waals surface area contributed by atoms with Crippen LogP contribution in [-0.2, 0) is 6.42 Å². The molecule has 0 radical (unpaired) electrons. The van der Waals surface area contributed by atoms with Gasteiger partial charge < -0.3 is 10.2 Å². The van der Waals surface area contributed by atoms with E-state index in [1.165, 1.54) is 50.8 Å². The van der Waals surface area contributed by atoms with E-state index in [4.69, 9.17) is 0 Å². The van der Waals surface area contributed by atoms with E-state index < -0.39 is 0 Å². The van der Waals surface area contributed by atoms with Gasteiger partial charge in [-0.2, -0.15) is 0 Å². The maximum absolute atomic E-state index is 13.1. The molecule has 1 aromatic carbocycles. The summed E-state index contributed by atoms with van der Waals surface area (Å²) in [4.78, 5) is 18.0. The molecule has 0 spiro atoms. The van der Waals surface area contributed by atoms with E-state index in [1.54, 1.807) is 5.57 Å². The summed E-state index contributed by atoms with van der Waals surface area (Å²) in [5, 5.41) is 3.21. The molecular weight excluding hydrogens is 346 g/mol. The van der Waals surface area contributed by atoms with Gasteiger partial charge in [-0.15, -0.1) is 0 Å². The van der Waals surface area contributed by atoms with Crippen LogP contribution in [0.3, 0.4) is 0 Å². The van der Waals surface area contributed by atoms with Crippen molar-refractivity contribution in [1.82, 2.24) is 15.1 Å². The predicted octanol–water partition coefficient (Wildman–Crippen LogP) is 3.83. The highest BCUT2D eigenvalue weighted by Gasteiger charge is 2.46. The third-order valence-electron chi connectivity index (χ3n) is 7.45. The summed E-state index contributed by atoms with van der Waals surface area (Å²) < 4.78 is 0. The van der Waals surface area contributed by atoms with Gasteiger partial charge in [-0.25, -0.2) is 4.79 Å². The van der Waals surface area contributed by atoms with E-state index in [0.29, 0.717) is 18.5 Å². The van der Waals surface area contributed by atoms with Crippen LogP contribution in [0, 0.1) is 11.8 Å². The summed E-state index contributed by atoms with van der Waals surface area (Å²) in [6.07, 6.45) is 11.2. The molecule has 4 aliphatic rings. The normalized spacial score (nSPS) is 32.1. The van der Waals surface area contributed by atoms with Crippen molar-refractivity contribution in [3.05, 3.63) is 47.5 Å². The Morgan fingerprint density at radius 1 is 1.11 bits per heavy atom. The fraction of sp³-hybridized carbons (Fsp3) is 0.625. The molecule has 2 unspecified atom stereocenters. The first-order chi connectivity index (χ1) is 13.8. The monoisotopic (exact) mass is 379 g/mol. The number of carbonyl (C=O) groups excluding carboxylic acids is 1. The molecule has 4 heteroatoms. The summed E-state index contributed by atoms with van der Waals surface area (Å²) in [6, 6.07) is 11.7. The first-order valence-electron chi connectivity index (χ1n) is 11.3. The molecule has 1 aliphatic carbocycles. The van der Waals surface area contributed by atoms with Gasteiger partial charge in [0, 0.05) is 25.7 Å². The van der Waals surface area contributed by atoms with Crippen molar-refractivity contribution >= 4 is 6.03 Å². The molecule has 3 heterocycles. The lowest BCUT2D eigenvalue weighted by Gasteiger charge is -2.54. The van der Waals surface area contributed by atoms with Crippen LogP contribution in [0.4, 0.5) is 4.79 Å². The topological polar surface area (TPSA) is 35.6 Å². The van der Waals surface area contributed by atoms with Gasteiger partial charge in [-0.1, -0.05) is 48.4 Å². The third kappa shape index (κ3) is 3.47. The summed E-state index contributed by atoms with van der Waals surface area (Å²) in [6.45, 7) is 4.07. The Labute approximate surface area is 169 Å². The highest BCUT2D eigenvalue weighted by molar-refractivity contribution is 5.75. The van der Waals surface area contributed by atoms with E-state index in [-0.39, 0.29) is 6.03 Å². The second kappa shape index (κ2) is 7.90. The summed E-state index contributed by atoms with van der Waals surface area (Å²) in [7, 11) is 0. The lowest BCUT2D eigenvalue weighted by atomic mass is 9.68. The molecule has 150 valence electrons. The van der Waals surface area contributed by atoms with Gasteiger partial charge in [0.25, 0.3) is 0 Å². The van der Waals surface area contributed by atoms with Crippen LogP contribution in [0.2, 0.25) is 0 Å². The molecule has 5 rings (SSSR count). The number of hydrogen-bond acceptors (Lipinski definition) is 2. The smallest absolute Gasteiger partial charge is 0.317 e. The maximum atomic E-state index is 13.1. The molecule has 4 atom stereocenters. The number of likely N-dealkylation sites (tertiary alicyclic amines) is 1. The average Bonchev–Trinajstić information content (AvgIpc) is 2.74. The van der Waals surface area contributed by atoms with Gasteiger partial charge in [0.1, 0.15) is 0 Å². The van der Waals surface area contributed by atoms with Gasteiger partial charge >= 0.3 is 6.03 Å². The Morgan fingerprint density at radius 2 is 2.00 bits per heavy atom. The minimum Gasteiger partial charge on any atom is -0.338 e. The van der Waals surface area contributed by atoms with Crippen molar-refractivity contribution < 1.29 is 4.79 Å². The van der Waals surface area contributed by atoms with Crippen molar-refractivity contribution in [2.24, 2.45) is 11.8 Å². The summed E-state index contributed by atoms with van der Waals surface area (Å²) >= 11 is 0. The molecule has 2 bridgehead atoms. The van der Waals surface area contributed by atoms with Crippen molar-refractivity contribution in [1.29, 1.82) is 0 Å². The van der Waals surface area contributed by atoms with E-state index in [1.807, 2.05) is 6.07 Å². The van der Waals surface area contributed by atoms with Gasteiger partial charge in [0.05, 0.1) is 6.04 Å². The van der Waals surface area contributed by atoms with Gasteiger partial charge in [-0.3, -0.25) is 4.90 Å². The largest absolute Gasteiger partial charge is 0.338 e. The molecule has 3 fully saturated rings. The van der Waals surface area contributed by atoms with Crippen LogP contribution < -0.4 is 5.32 Å². The average molecular weight is 380 g/mol. The molecule has 4 nitrogen and oxygen atoms in total. The number of carbonyl (C=O) groups is 1. The Kier molecular flexibility index (Phi) is 5.15. The molecule has 1 N–H and O–H groups in total. The van der Waals surface area contributed by atoms with E-state index in [0.717, 1.165) is 31.3 Å². The van der Waals surface area contributed by atoms with Crippen LogP contribution in [0.25, 0.3) is 0 Å². The summed E-state index contributed by atoms with van der Waals surface area (Å²) in [5.74, 6) is 1.35. The highest BCUT2D eigenvalue weighted by atomic mass is 16.2. The number of benzene rings is 1. The Hall–Kier alpha value is -1.81. The lowest BCUT2D eigenvalue weighted by molar-refractivity contribution is 0.00793. The minimum atomic E-state index is 0.144. The van der Waals surface area contributed by atoms with Crippen LogP contribution in [0.15, 0.2) is 42.0 Å². The molecule has 0 aromatic heterocycles. The van der Waals surface area contributed by atoms with Crippen molar-refractivity contribution in [3.63, 3.8) is 0 Å². The van der Waals surface area contributed by atoms with Crippen LogP contribution in [0.1, 0.15) is 44.1 Å². The lowest BCUT2D eigenvalue weighted by Crippen LogP contribution is -2.61. The quantitative estimate of drug-likeness (QED) is 0.810. The van der Waals surface area contributed by atoms with E-state index in [2.05, 4.69) is 45.5 Å². The molecule has 3 aliphatic heterocycles.